The van der Waals surface area contributed by atoms with Gasteiger partial charge >= 0.3 is 6.09 Å². The standard InChI is InChI=1S/C22H21Cl2N5O4/c23-13-9-15(32-8-5-25)18-17(12-10-26-29(11-12)16-3-1-2-7-33-16)20-14(27-22(30)31)4-6-28(20)21(18)19(13)24/h9-11,14,16,27H,1-4,6-8H2,(H,30,31)/t14-,16?/m0/s1. The third-order valence-corrected chi connectivity index (χ3v) is 6.91. The van der Waals surface area contributed by atoms with Gasteiger partial charge in [-0.2, -0.15) is 10.4 Å². The molecule has 1 unspecified atom stereocenters. The first-order chi connectivity index (χ1) is 16.0. The second kappa shape index (κ2) is 8.78. The number of nitrogens with zero attached hydrogens (tertiary/aromatic N) is 4. The number of carboxylic acid groups (broad SMARTS) is 1. The molecule has 1 aromatic carbocycles. The van der Waals surface area contributed by atoms with Gasteiger partial charge in [-0.3, -0.25) is 0 Å². The number of benzene rings is 1. The van der Waals surface area contributed by atoms with E-state index in [1.807, 2.05) is 16.8 Å². The Morgan fingerprint density at radius 2 is 2.24 bits per heavy atom. The van der Waals surface area contributed by atoms with Crippen LogP contribution in [0.25, 0.3) is 22.0 Å². The number of amides is 1. The zero-order valence-corrected chi connectivity index (χ0v) is 19.1. The molecular formula is C22H21Cl2N5O4. The Bertz CT molecular complexity index is 1270. The largest absolute Gasteiger partial charge is 0.478 e. The second-order valence-corrected chi connectivity index (χ2v) is 8.86. The van der Waals surface area contributed by atoms with Gasteiger partial charge in [0.1, 0.15) is 18.0 Å². The molecule has 0 saturated carbocycles. The molecule has 0 aliphatic carbocycles. The Labute approximate surface area is 199 Å². The summed E-state index contributed by atoms with van der Waals surface area (Å²) in [6, 6.07) is 3.13. The molecule has 2 N–H and O–H groups in total. The molecule has 1 amide bonds. The number of carbonyl (C=O) groups is 1. The Balaban J connectivity index is 1.74. The average Bonchev–Trinajstić information content (AvgIpc) is 3.51. The highest BCUT2D eigenvalue weighted by Gasteiger charge is 2.35. The van der Waals surface area contributed by atoms with Crippen LogP contribution in [0, 0.1) is 11.3 Å². The van der Waals surface area contributed by atoms with E-state index in [-0.39, 0.29) is 12.8 Å². The van der Waals surface area contributed by atoms with Crippen LogP contribution in [0.3, 0.4) is 0 Å². The summed E-state index contributed by atoms with van der Waals surface area (Å²) in [5.41, 5.74) is 2.96. The van der Waals surface area contributed by atoms with Crippen LogP contribution in [-0.4, -0.2) is 38.8 Å². The van der Waals surface area contributed by atoms with E-state index in [0.717, 1.165) is 36.1 Å². The van der Waals surface area contributed by atoms with Gasteiger partial charge in [0.15, 0.2) is 6.61 Å². The van der Waals surface area contributed by atoms with Crippen LogP contribution in [0.15, 0.2) is 18.5 Å². The highest BCUT2D eigenvalue weighted by molar-refractivity contribution is 6.45. The normalized spacial score (nSPS) is 19.9. The van der Waals surface area contributed by atoms with E-state index in [4.69, 9.17) is 37.9 Å². The van der Waals surface area contributed by atoms with Crippen LogP contribution in [0.5, 0.6) is 5.75 Å². The molecule has 2 aliphatic heterocycles. The van der Waals surface area contributed by atoms with E-state index >= 15 is 0 Å². The lowest BCUT2D eigenvalue weighted by atomic mass is 10.00. The molecule has 2 aromatic heterocycles. The van der Waals surface area contributed by atoms with Gasteiger partial charge < -0.3 is 24.5 Å². The number of fused-ring (bicyclic) bond motifs is 3. The summed E-state index contributed by atoms with van der Waals surface area (Å²) < 4.78 is 15.4. The van der Waals surface area contributed by atoms with Gasteiger partial charge in [-0.1, -0.05) is 23.2 Å². The van der Waals surface area contributed by atoms with Crippen LogP contribution in [-0.2, 0) is 11.3 Å². The third-order valence-electron chi connectivity index (χ3n) is 6.13. The molecule has 172 valence electrons. The maximum atomic E-state index is 11.5. The number of nitriles is 1. The molecule has 1 saturated heterocycles. The Hall–Kier alpha value is -2.93. The van der Waals surface area contributed by atoms with Crippen molar-refractivity contribution in [3.63, 3.8) is 0 Å². The van der Waals surface area contributed by atoms with E-state index in [2.05, 4.69) is 10.4 Å². The predicted molar refractivity (Wildman–Crippen MR) is 122 cm³/mol. The molecule has 3 aromatic rings. The SMILES string of the molecule is N#CCOc1cc(Cl)c(Cl)c2c1c(-c1cnn(C3CCCCO3)c1)c1n2CC[C@@H]1NC(=O)O. The number of nitrogens with one attached hydrogen (secondary N) is 1. The Morgan fingerprint density at radius 3 is 2.97 bits per heavy atom. The minimum atomic E-state index is -1.11. The fourth-order valence-electron chi connectivity index (χ4n) is 4.82. The van der Waals surface area contributed by atoms with Crippen molar-refractivity contribution in [2.24, 2.45) is 0 Å². The number of hydrogen-bond donors (Lipinski definition) is 2. The molecule has 1 fully saturated rings. The van der Waals surface area contributed by atoms with E-state index in [0.29, 0.717) is 46.3 Å². The lowest BCUT2D eigenvalue weighted by molar-refractivity contribution is -0.0394. The highest BCUT2D eigenvalue weighted by atomic mass is 35.5. The summed E-state index contributed by atoms with van der Waals surface area (Å²) in [7, 11) is 0. The molecule has 0 radical (unpaired) electrons. The van der Waals surface area contributed by atoms with Crippen molar-refractivity contribution in [2.75, 3.05) is 13.2 Å². The summed E-state index contributed by atoms with van der Waals surface area (Å²) in [6.45, 7) is 1.07. The highest BCUT2D eigenvalue weighted by Crippen LogP contribution is 2.50. The molecule has 9 nitrogen and oxygen atoms in total. The quantitative estimate of drug-likeness (QED) is 0.513. The van der Waals surface area contributed by atoms with Gasteiger partial charge in [0.2, 0.25) is 0 Å². The minimum Gasteiger partial charge on any atom is -0.478 e. The maximum Gasteiger partial charge on any atom is 0.405 e. The number of rotatable bonds is 5. The van der Waals surface area contributed by atoms with Gasteiger partial charge in [0.05, 0.1) is 33.2 Å². The van der Waals surface area contributed by atoms with Gasteiger partial charge in [0, 0.05) is 42.2 Å². The third kappa shape index (κ3) is 3.78. The zero-order chi connectivity index (χ0) is 23.1. The minimum absolute atomic E-state index is 0.144. The van der Waals surface area contributed by atoms with E-state index in [1.54, 1.807) is 16.9 Å². The first kappa shape index (κ1) is 21.9. The fraction of sp³-hybridized carbons (Fsp3) is 0.409. The molecule has 5 rings (SSSR count). The van der Waals surface area contributed by atoms with Crippen molar-refractivity contribution in [2.45, 2.75) is 44.5 Å². The van der Waals surface area contributed by atoms with Crippen LogP contribution in [0.1, 0.15) is 43.6 Å². The number of halogens is 2. The molecule has 0 bridgehead atoms. The summed E-state index contributed by atoms with van der Waals surface area (Å²) in [4.78, 5) is 11.5. The van der Waals surface area contributed by atoms with Crippen molar-refractivity contribution in [3.05, 3.63) is 34.2 Å². The molecule has 11 heteroatoms. The number of aryl methyl sites for hydroxylation is 1. The molecule has 4 heterocycles. The van der Waals surface area contributed by atoms with Gasteiger partial charge in [-0.25, -0.2) is 9.48 Å². The molecule has 33 heavy (non-hydrogen) atoms. The van der Waals surface area contributed by atoms with Gasteiger partial charge in [-0.05, 0) is 25.7 Å². The smallest absolute Gasteiger partial charge is 0.405 e. The topological polar surface area (TPSA) is 114 Å². The van der Waals surface area contributed by atoms with Crippen molar-refractivity contribution in [1.82, 2.24) is 19.7 Å². The maximum absolute atomic E-state index is 11.5. The second-order valence-electron chi connectivity index (χ2n) is 8.07. The monoisotopic (exact) mass is 489 g/mol. The summed E-state index contributed by atoms with van der Waals surface area (Å²) in [6.07, 6.45) is 5.92. The van der Waals surface area contributed by atoms with Crippen LogP contribution in [0.4, 0.5) is 4.79 Å². The number of ether oxygens (including phenoxy) is 2. The first-order valence-electron chi connectivity index (χ1n) is 10.7. The van der Waals surface area contributed by atoms with Crippen molar-refractivity contribution < 1.29 is 19.4 Å². The predicted octanol–water partition coefficient (Wildman–Crippen LogP) is 5.13. The van der Waals surface area contributed by atoms with E-state index in [1.165, 1.54) is 0 Å². The fourth-order valence-corrected chi connectivity index (χ4v) is 5.26. The van der Waals surface area contributed by atoms with Crippen LogP contribution < -0.4 is 10.1 Å². The molecule has 0 spiro atoms. The van der Waals surface area contributed by atoms with Crippen molar-refractivity contribution in [1.29, 1.82) is 5.26 Å². The Morgan fingerprint density at radius 1 is 1.39 bits per heavy atom. The van der Waals surface area contributed by atoms with E-state index in [9.17, 15) is 9.90 Å². The number of aromatic nitrogens is 3. The van der Waals surface area contributed by atoms with Gasteiger partial charge in [0.25, 0.3) is 0 Å². The lowest BCUT2D eigenvalue weighted by Crippen LogP contribution is -2.25. The van der Waals surface area contributed by atoms with E-state index < -0.39 is 12.1 Å². The Kier molecular flexibility index (Phi) is 5.83. The molecular weight excluding hydrogens is 469 g/mol. The van der Waals surface area contributed by atoms with Crippen LogP contribution in [0.2, 0.25) is 10.0 Å². The van der Waals surface area contributed by atoms with Gasteiger partial charge in [-0.15, -0.1) is 0 Å². The van der Waals surface area contributed by atoms with Crippen molar-refractivity contribution >= 4 is 40.2 Å². The molecule has 2 atom stereocenters. The van der Waals surface area contributed by atoms with Crippen LogP contribution >= 0.6 is 23.2 Å². The summed E-state index contributed by atoms with van der Waals surface area (Å²) in [5.74, 6) is 0.411. The average molecular weight is 490 g/mol. The number of hydrogen-bond acceptors (Lipinski definition) is 5. The molecule has 2 aliphatic rings. The first-order valence-corrected chi connectivity index (χ1v) is 11.4. The zero-order valence-electron chi connectivity index (χ0n) is 17.6. The summed E-state index contributed by atoms with van der Waals surface area (Å²) >= 11 is 13.1. The summed E-state index contributed by atoms with van der Waals surface area (Å²) in [5, 5.41) is 27.0. The van der Waals surface area contributed by atoms with Crippen molar-refractivity contribution in [3.8, 4) is 22.9 Å². The lowest BCUT2D eigenvalue weighted by Gasteiger charge is -2.22.